The summed E-state index contributed by atoms with van der Waals surface area (Å²) in [7, 11) is 0. The van der Waals surface area contributed by atoms with E-state index in [1.807, 2.05) is 18.2 Å². The van der Waals surface area contributed by atoms with Crippen LogP contribution in [0.1, 0.15) is 12.0 Å². The molecule has 1 spiro atoms. The lowest BCUT2D eigenvalue weighted by atomic mass is 9.93. The lowest BCUT2D eigenvalue weighted by molar-refractivity contribution is -0.128. The van der Waals surface area contributed by atoms with Crippen molar-refractivity contribution in [2.24, 2.45) is 0 Å². The summed E-state index contributed by atoms with van der Waals surface area (Å²) in [4.78, 5) is 13.8. The van der Waals surface area contributed by atoms with Gasteiger partial charge in [0, 0.05) is 13.0 Å². The fourth-order valence-corrected chi connectivity index (χ4v) is 2.57. The topological polar surface area (TPSA) is 29.5 Å². The molecule has 0 unspecified atom stereocenters. The summed E-state index contributed by atoms with van der Waals surface area (Å²) in [6, 6.07) is 10.3. The zero-order valence-electron chi connectivity index (χ0n) is 9.59. The molecule has 4 heteroatoms. The molecule has 0 aromatic heterocycles. The van der Waals surface area contributed by atoms with E-state index in [1.165, 1.54) is 5.56 Å². The molecule has 17 heavy (non-hydrogen) atoms. The molecule has 0 aliphatic carbocycles. The van der Waals surface area contributed by atoms with Crippen LogP contribution in [-0.4, -0.2) is 36.0 Å². The van der Waals surface area contributed by atoms with Crippen LogP contribution in [0.2, 0.25) is 0 Å². The maximum absolute atomic E-state index is 11.6. The number of ether oxygens (including phenoxy) is 1. The van der Waals surface area contributed by atoms with Gasteiger partial charge in [-0.15, -0.1) is 12.4 Å². The Hall–Kier alpha value is -0.900. The minimum atomic E-state index is 0. The average molecular weight is 254 g/mol. The molecule has 0 atom stereocenters. The number of likely N-dealkylation sites (tertiary alicyclic amines) is 1. The molecule has 2 aliphatic rings. The Morgan fingerprint density at radius 3 is 2.53 bits per heavy atom. The highest BCUT2D eigenvalue weighted by molar-refractivity contribution is 5.85. The molecule has 0 radical (unpaired) electrons. The number of hydrogen-bond acceptors (Lipinski definition) is 3. The first-order valence-electron chi connectivity index (χ1n) is 5.67. The van der Waals surface area contributed by atoms with E-state index in [-0.39, 0.29) is 17.9 Å². The van der Waals surface area contributed by atoms with Gasteiger partial charge in [-0.1, -0.05) is 30.3 Å². The largest absolute Gasteiger partial charge is 0.377 e. The SMILES string of the molecule is Cl.O=C1CN(Cc2ccccc2)C2(COC2)C1. The van der Waals surface area contributed by atoms with Gasteiger partial charge in [-0.3, -0.25) is 9.69 Å². The van der Waals surface area contributed by atoms with Crippen LogP contribution in [0.15, 0.2) is 30.3 Å². The minimum Gasteiger partial charge on any atom is -0.377 e. The van der Waals surface area contributed by atoms with Crippen molar-refractivity contribution < 1.29 is 9.53 Å². The molecule has 3 rings (SSSR count). The smallest absolute Gasteiger partial charge is 0.148 e. The Bertz CT molecular complexity index is 403. The Balaban J connectivity index is 0.00000108. The van der Waals surface area contributed by atoms with E-state index in [0.717, 1.165) is 6.54 Å². The summed E-state index contributed by atoms with van der Waals surface area (Å²) in [5, 5.41) is 0. The van der Waals surface area contributed by atoms with Gasteiger partial charge in [0.25, 0.3) is 0 Å². The van der Waals surface area contributed by atoms with Crippen molar-refractivity contribution in [1.82, 2.24) is 4.90 Å². The standard InChI is InChI=1S/C13H15NO2.ClH/c15-12-6-13(9-16-10-13)14(8-12)7-11-4-2-1-3-5-11;/h1-5H,6-10H2;1H. The Morgan fingerprint density at radius 1 is 1.24 bits per heavy atom. The number of carbonyl (C=O) groups is 1. The first-order chi connectivity index (χ1) is 7.78. The highest BCUT2D eigenvalue weighted by Crippen LogP contribution is 2.35. The number of halogens is 1. The van der Waals surface area contributed by atoms with Crippen LogP contribution in [-0.2, 0) is 16.1 Å². The molecule has 2 heterocycles. The number of benzene rings is 1. The summed E-state index contributed by atoms with van der Waals surface area (Å²) in [5.74, 6) is 0.347. The molecule has 2 aliphatic heterocycles. The molecule has 2 fully saturated rings. The average Bonchev–Trinajstić information content (AvgIpc) is 2.56. The van der Waals surface area contributed by atoms with Crippen LogP contribution in [0.5, 0.6) is 0 Å². The normalized spacial score (nSPS) is 22.2. The van der Waals surface area contributed by atoms with Crippen LogP contribution in [0, 0.1) is 0 Å². The molecular formula is C13H16ClNO2. The van der Waals surface area contributed by atoms with Gasteiger partial charge in [-0.25, -0.2) is 0 Å². The van der Waals surface area contributed by atoms with Crippen molar-refractivity contribution >= 4 is 18.2 Å². The lowest BCUT2D eigenvalue weighted by Gasteiger charge is -2.44. The number of hydrogen-bond donors (Lipinski definition) is 0. The first kappa shape index (κ1) is 12.6. The third kappa shape index (κ3) is 2.23. The van der Waals surface area contributed by atoms with Crippen molar-refractivity contribution in [3.63, 3.8) is 0 Å². The van der Waals surface area contributed by atoms with Gasteiger partial charge < -0.3 is 4.74 Å². The molecule has 3 nitrogen and oxygen atoms in total. The summed E-state index contributed by atoms with van der Waals surface area (Å²) in [5.41, 5.74) is 1.29. The summed E-state index contributed by atoms with van der Waals surface area (Å²) in [6.45, 7) is 2.87. The molecule has 0 saturated carbocycles. The molecular weight excluding hydrogens is 238 g/mol. The summed E-state index contributed by atoms with van der Waals surface area (Å²) >= 11 is 0. The Kier molecular flexibility index (Phi) is 3.52. The Labute approximate surface area is 107 Å². The molecule has 0 N–H and O–H groups in total. The minimum absolute atomic E-state index is 0. The van der Waals surface area contributed by atoms with Crippen LogP contribution < -0.4 is 0 Å². The number of nitrogens with zero attached hydrogens (tertiary/aromatic N) is 1. The maximum Gasteiger partial charge on any atom is 0.148 e. The molecule has 1 aromatic rings. The fourth-order valence-electron chi connectivity index (χ4n) is 2.57. The molecule has 0 amide bonds. The quantitative estimate of drug-likeness (QED) is 0.803. The highest BCUT2D eigenvalue weighted by Gasteiger charge is 2.50. The first-order valence-corrected chi connectivity index (χ1v) is 5.67. The van der Waals surface area contributed by atoms with Crippen molar-refractivity contribution in [3.05, 3.63) is 35.9 Å². The van der Waals surface area contributed by atoms with Gasteiger partial charge in [0.1, 0.15) is 5.78 Å². The zero-order chi connectivity index (χ0) is 11.0. The number of rotatable bonds is 2. The second kappa shape index (κ2) is 4.77. The maximum atomic E-state index is 11.6. The van der Waals surface area contributed by atoms with E-state index in [0.29, 0.717) is 32.0 Å². The summed E-state index contributed by atoms with van der Waals surface area (Å²) < 4.78 is 5.28. The number of Topliss-reactive ketones (excluding diaryl/α,β-unsaturated/α-hetero) is 1. The number of ketones is 1. The zero-order valence-corrected chi connectivity index (χ0v) is 10.4. The van der Waals surface area contributed by atoms with Crippen LogP contribution in [0.25, 0.3) is 0 Å². The van der Waals surface area contributed by atoms with E-state index in [4.69, 9.17) is 4.74 Å². The third-order valence-corrected chi connectivity index (χ3v) is 3.52. The number of carbonyl (C=O) groups excluding carboxylic acids is 1. The monoisotopic (exact) mass is 253 g/mol. The van der Waals surface area contributed by atoms with Gasteiger partial charge >= 0.3 is 0 Å². The molecule has 1 aromatic carbocycles. The van der Waals surface area contributed by atoms with Gasteiger partial charge in [-0.05, 0) is 5.56 Å². The van der Waals surface area contributed by atoms with Crippen molar-refractivity contribution in [3.8, 4) is 0 Å². The van der Waals surface area contributed by atoms with Crippen molar-refractivity contribution in [1.29, 1.82) is 0 Å². The fraction of sp³-hybridized carbons (Fsp3) is 0.462. The van der Waals surface area contributed by atoms with E-state index < -0.39 is 0 Å². The summed E-state index contributed by atoms with van der Waals surface area (Å²) in [6.07, 6.45) is 0.667. The van der Waals surface area contributed by atoms with Gasteiger partial charge in [0.2, 0.25) is 0 Å². The van der Waals surface area contributed by atoms with Crippen LogP contribution >= 0.6 is 12.4 Å². The van der Waals surface area contributed by atoms with E-state index in [1.54, 1.807) is 0 Å². The van der Waals surface area contributed by atoms with Gasteiger partial charge in [0.15, 0.2) is 0 Å². The lowest BCUT2D eigenvalue weighted by Crippen LogP contribution is -2.58. The third-order valence-electron chi connectivity index (χ3n) is 3.52. The second-order valence-corrected chi connectivity index (χ2v) is 4.77. The predicted octanol–water partition coefficient (Wildman–Crippen LogP) is 1.65. The van der Waals surface area contributed by atoms with E-state index in [9.17, 15) is 4.79 Å². The molecule has 0 bridgehead atoms. The van der Waals surface area contributed by atoms with Gasteiger partial charge in [-0.2, -0.15) is 0 Å². The van der Waals surface area contributed by atoms with Crippen molar-refractivity contribution in [2.45, 2.75) is 18.5 Å². The molecule has 92 valence electrons. The second-order valence-electron chi connectivity index (χ2n) is 4.77. The Morgan fingerprint density at radius 2 is 1.94 bits per heavy atom. The highest BCUT2D eigenvalue weighted by atomic mass is 35.5. The van der Waals surface area contributed by atoms with Crippen molar-refractivity contribution in [2.75, 3.05) is 19.8 Å². The van der Waals surface area contributed by atoms with E-state index in [2.05, 4.69) is 17.0 Å². The van der Waals surface area contributed by atoms with Crippen LogP contribution in [0.3, 0.4) is 0 Å². The van der Waals surface area contributed by atoms with E-state index >= 15 is 0 Å². The predicted molar refractivity (Wildman–Crippen MR) is 67.3 cm³/mol. The van der Waals surface area contributed by atoms with Gasteiger partial charge in [0.05, 0.1) is 25.3 Å². The molecule has 2 saturated heterocycles. The van der Waals surface area contributed by atoms with Crippen LogP contribution in [0.4, 0.5) is 0 Å².